The van der Waals surface area contributed by atoms with Crippen LogP contribution in [0.3, 0.4) is 0 Å². The quantitative estimate of drug-likeness (QED) is 0.342. The first-order valence-electron chi connectivity index (χ1n) is 9.49. The lowest BCUT2D eigenvalue weighted by molar-refractivity contribution is -0.137. The van der Waals surface area contributed by atoms with Gasteiger partial charge in [-0.1, -0.05) is 54.6 Å². The van der Waals surface area contributed by atoms with E-state index in [1.807, 2.05) is 0 Å². The van der Waals surface area contributed by atoms with E-state index in [0.29, 0.717) is 13.2 Å². The Kier molecular flexibility index (Phi) is 6.48. The van der Waals surface area contributed by atoms with Gasteiger partial charge in [-0.05, 0) is 49.0 Å². The number of unbranched alkanes of at least 4 members (excludes halogenated alkanes) is 2. The zero-order chi connectivity index (χ0) is 19.1. The van der Waals surface area contributed by atoms with Gasteiger partial charge in [-0.3, -0.25) is 0 Å². The highest BCUT2D eigenvalue weighted by atomic mass is 16.5. The van der Waals surface area contributed by atoms with Crippen LogP contribution >= 0.6 is 0 Å². The van der Waals surface area contributed by atoms with Crippen LogP contribution in [0.4, 0.5) is 0 Å². The zero-order valence-electron chi connectivity index (χ0n) is 15.9. The number of hydrogen-bond acceptors (Lipinski definition) is 3. The molecule has 2 aromatic rings. The van der Waals surface area contributed by atoms with Gasteiger partial charge in [0.25, 0.3) is 0 Å². The molecule has 0 N–H and O–H groups in total. The van der Waals surface area contributed by atoms with Crippen LogP contribution in [0.25, 0.3) is 11.6 Å². The third-order valence-corrected chi connectivity index (χ3v) is 4.75. The molecule has 0 aromatic heterocycles. The number of esters is 1. The molecule has 3 nitrogen and oxygen atoms in total. The number of carbonyl (C=O) groups is 1. The van der Waals surface area contributed by atoms with Crippen molar-refractivity contribution in [2.75, 3.05) is 13.2 Å². The SMILES string of the molecule is C=CC(=O)OCCCCCOc1cccc2c1CC(c1ccc(C)cc1)=C2. The molecular formula is C24H26O3. The first-order chi connectivity index (χ1) is 13.2. The van der Waals surface area contributed by atoms with Crippen molar-refractivity contribution in [3.63, 3.8) is 0 Å². The van der Waals surface area contributed by atoms with Gasteiger partial charge in [-0.15, -0.1) is 0 Å². The van der Waals surface area contributed by atoms with Crippen LogP contribution in [0, 0.1) is 6.92 Å². The van der Waals surface area contributed by atoms with E-state index >= 15 is 0 Å². The van der Waals surface area contributed by atoms with Crippen LogP contribution in [0.5, 0.6) is 5.75 Å². The van der Waals surface area contributed by atoms with Crippen molar-refractivity contribution in [2.45, 2.75) is 32.6 Å². The maximum absolute atomic E-state index is 11.0. The molecule has 0 saturated carbocycles. The predicted octanol–water partition coefficient (Wildman–Crippen LogP) is 5.37. The topological polar surface area (TPSA) is 35.5 Å². The number of allylic oxidation sites excluding steroid dienone is 1. The first-order valence-corrected chi connectivity index (χ1v) is 9.49. The highest BCUT2D eigenvalue weighted by Crippen LogP contribution is 2.36. The molecule has 0 saturated heterocycles. The highest BCUT2D eigenvalue weighted by Gasteiger charge is 2.18. The summed E-state index contributed by atoms with van der Waals surface area (Å²) in [7, 11) is 0. The minimum Gasteiger partial charge on any atom is -0.493 e. The molecule has 0 fully saturated rings. The van der Waals surface area contributed by atoms with E-state index in [4.69, 9.17) is 9.47 Å². The Morgan fingerprint density at radius 1 is 1.07 bits per heavy atom. The van der Waals surface area contributed by atoms with Gasteiger partial charge in [-0.25, -0.2) is 4.79 Å². The van der Waals surface area contributed by atoms with Gasteiger partial charge in [0.05, 0.1) is 13.2 Å². The summed E-state index contributed by atoms with van der Waals surface area (Å²) < 4.78 is 11.0. The summed E-state index contributed by atoms with van der Waals surface area (Å²) in [5.41, 5.74) is 6.41. The van der Waals surface area contributed by atoms with Crippen LogP contribution in [-0.4, -0.2) is 19.2 Å². The van der Waals surface area contributed by atoms with Gasteiger partial charge >= 0.3 is 5.97 Å². The molecule has 3 rings (SSSR count). The molecule has 27 heavy (non-hydrogen) atoms. The molecule has 1 aliphatic carbocycles. The van der Waals surface area contributed by atoms with E-state index in [0.717, 1.165) is 31.4 Å². The number of rotatable bonds is 9. The smallest absolute Gasteiger partial charge is 0.330 e. The molecule has 1 aliphatic rings. The van der Waals surface area contributed by atoms with Crippen molar-refractivity contribution >= 4 is 17.6 Å². The molecule has 0 heterocycles. The Hall–Kier alpha value is -2.81. The van der Waals surface area contributed by atoms with E-state index in [9.17, 15) is 4.79 Å². The van der Waals surface area contributed by atoms with Crippen LogP contribution in [-0.2, 0) is 16.0 Å². The van der Waals surface area contributed by atoms with Crippen molar-refractivity contribution in [1.82, 2.24) is 0 Å². The second kappa shape index (κ2) is 9.22. The standard InChI is InChI=1S/C24H26O3/c1-3-24(25)27-15-6-4-5-14-26-23-9-7-8-20-16-21(17-22(20)23)19-12-10-18(2)11-13-19/h3,7-13,16H,1,4-6,14-15,17H2,2H3. The van der Waals surface area contributed by atoms with Gasteiger partial charge in [-0.2, -0.15) is 0 Å². The number of fused-ring (bicyclic) bond motifs is 1. The first kappa shape index (κ1) is 19.0. The summed E-state index contributed by atoms with van der Waals surface area (Å²) in [6.07, 6.45) is 7.11. The van der Waals surface area contributed by atoms with E-state index < -0.39 is 0 Å². The van der Waals surface area contributed by atoms with Crippen LogP contribution in [0.2, 0.25) is 0 Å². The van der Waals surface area contributed by atoms with Crippen molar-refractivity contribution in [3.05, 3.63) is 77.4 Å². The molecule has 0 amide bonds. The van der Waals surface area contributed by atoms with Gasteiger partial charge in [0.15, 0.2) is 0 Å². The number of aryl methyl sites for hydroxylation is 1. The Balaban J connectivity index is 1.49. The maximum atomic E-state index is 11.0. The number of ether oxygens (including phenoxy) is 2. The average molecular weight is 362 g/mol. The second-order valence-electron chi connectivity index (χ2n) is 6.82. The van der Waals surface area contributed by atoms with Gasteiger partial charge in [0.1, 0.15) is 5.75 Å². The predicted molar refractivity (Wildman–Crippen MR) is 110 cm³/mol. The lowest BCUT2D eigenvalue weighted by Crippen LogP contribution is -2.04. The number of carbonyl (C=O) groups excluding carboxylic acids is 1. The fourth-order valence-corrected chi connectivity index (χ4v) is 3.22. The van der Waals surface area contributed by atoms with Gasteiger partial charge < -0.3 is 9.47 Å². The zero-order valence-corrected chi connectivity index (χ0v) is 15.9. The molecule has 0 spiro atoms. The average Bonchev–Trinajstić information content (AvgIpc) is 3.12. The van der Waals surface area contributed by atoms with Crippen molar-refractivity contribution in [1.29, 1.82) is 0 Å². The summed E-state index contributed by atoms with van der Waals surface area (Å²) in [6, 6.07) is 14.9. The fraction of sp³-hybridized carbons (Fsp3) is 0.292. The number of hydrogen-bond donors (Lipinski definition) is 0. The lowest BCUT2D eigenvalue weighted by atomic mass is 10.0. The van der Waals surface area contributed by atoms with Crippen molar-refractivity contribution in [3.8, 4) is 5.75 Å². The summed E-state index contributed by atoms with van der Waals surface area (Å²) >= 11 is 0. The number of benzene rings is 2. The lowest BCUT2D eigenvalue weighted by Gasteiger charge is -2.11. The van der Waals surface area contributed by atoms with Crippen molar-refractivity contribution in [2.24, 2.45) is 0 Å². The van der Waals surface area contributed by atoms with Gasteiger partial charge in [0.2, 0.25) is 0 Å². The van der Waals surface area contributed by atoms with E-state index in [2.05, 4.69) is 62.0 Å². The molecule has 3 heteroatoms. The molecule has 0 radical (unpaired) electrons. The van der Waals surface area contributed by atoms with Crippen LogP contribution in [0.15, 0.2) is 55.1 Å². The molecule has 0 atom stereocenters. The van der Waals surface area contributed by atoms with Gasteiger partial charge in [0, 0.05) is 18.1 Å². The Labute approximate surface area is 161 Å². The van der Waals surface area contributed by atoms with Crippen LogP contribution in [0.1, 0.15) is 41.5 Å². The minimum atomic E-state index is -0.358. The highest BCUT2D eigenvalue weighted by molar-refractivity contribution is 5.89. The van der Waals surface area contributed by atoms with Crippen molar-refractivity contribution < 1.29 is 14.3 Å². The molecule has 140 valence electrons. The third-order valence-electron chi connectivity index (χ3n) is 4.75. The summed E-state index contributed by atoms with van der Waals surface area (Å²) in [5, 5.41) is 0. The Bertz CT molecular complexity index is 831. The second-order valence-corrected chi connectivity index (χ2v) is 6.82. The Morgan fingerprint density at radius 2 is 1.85 bits per heavy atom. The van der Waals surface area contributed by atoms with E-state index in [1.54, 1.807) is 0 Å². The molecule has 0 unspecified atom stereocenters. The molecule has 0 bridgehead atoms. The summed E-state index contributed by atoms with van der Waals surface area (Å²) in [4.78, 5) is 11.0. The molecule has 0 aliphatic heterocycles. The monoisotopic (exact) mass is 362 g/mol. The summed E-state index contributed by atoms with van der Waals surface area (Å²) in [5.74, 6) is 0.618. The summed E-state index contributed by atoms with van der Waals surface area (Å²) in [6.45, 7) is 6.60. The molecular weight excluding hydrogens is 336 g/mol. The molecule has 2 aromatic carbocycles. The normalized spacial score (nSPS) is 12.3. The third kappa shape index (κ3) is 5.10. The Morgan fingerprint density at radius 3 is 2.63 bits per heavy atom. The minimum absolute atomic E-state index is 0.358. The fourth-order valence-electron chi connectivity index (χ4n) is 3.22. The van der Waals surface area contributed by atoms with E-state index in [-0.39, 0.29) is 5.97 Å². The largest absolute Gasteiger partial charge is 0.493 e. The maximum Gasteiger partial charge on any atom is 0.330 e. The van der Waals surface area contributed by atoms with E-state index in [1.165, 1.54) is 33.9 Å². The van der Waals surface area contributed by atoms with Crippen LogP contribution < -0.4 is 4.74 Å².